The van der Waals surface area contributed by atoms with Crippen LogP contribution >= 0.6 is 0 Å². The Hall–Kier alpha value is -4.93. The molecule has 0 aliphatic rings. The van der Waals surface area contributed by atoms with Gasteiger partial charge in [-0.05, 0) is 45.0 Å². The highest BCUT2D eigenvalue weighted by Crippen LogP contribution is 2.38. The summed E-state index contributed by atoms with van der Waals surface area (Å²) in [5.41, 5.74) is 5.40. The number of para-hydroxylation sites is 3. The molecule has 3 N–H and O–H groups in total. The van der Waals surface area contributed by atoms with Crippen molar-refractivity contribution in [3.63, 3.8) is 0 Å². The maximum Gasteiger partial charge on any atom is 0.341 e. The van der Waals surface area contributed by atoms with E-state index in [0.29, 0.717) is 35.0 Å². The molecule has 0 amide bonds. The molecule has 0 spiro atoms. The molecule has 0 aliphatic carbocycles. The summed E-state index contributed by atoms with van der Waals surface area (Å²) in [6.07, 6.45) is 1.27. The van der Waals surface area contributed by atoms with E-state index < -0.39 is 5.97 Å². The van der Waals surface area contributed by atoms with Crippen LogP contribution in [0.2, 0.25) is 0 Å². The number of fused-ring (bicyclic) bond motifs is 1. The first-order valence-electron chi connectivity index (χ1n) is 12.1. The number of carboxylic acids is 1. The summed E-state index contributed by atoms with van der Waals surface area (Å²) in [6.45, 7) is 7.22. The number of anilines is 3. The Morgan fingerprint density at radius 3 is 2.66 bits per heavy atom. The maximum absolute atomic E-state index is 12.0. The number of benzene rings is 2. The number of hydrogen-bond donors (Lipinski definition) is 3. The van der Waals surface area contributed by atoms with Crippen molar-refractivity contribution in [3.8, 4) is 17.2 Å². The van der Waals surface area contributed by atoms with Gasteiger partial charge in [0.05, 0.1) is 24.1 Å². The van der Waals surface area contributed by atoms with Crippen LogP contribution in [-0.2, 0) is 13.1 Å². The van der Waals surface area contributed by atoms with Gasteiger partial charge >= 0.3 is 5.97 Å². The van der Waals surface area contributed by atoms with Crippen LogP contribution in [0, 0.1) is 13.8 Å². The number of methoxy groups -OCH3 is 1. The van der Waals surface area contributed by atoms with Crippen molar-refractivity contribution in [1.82, 2.24) is 24.7 Å². The van der Waals surface area contributed by atoms with Gasteiger partial charge in [-0.15, -0.1) is 0 Å². The number of carbonyl (C=O) groups is 1. The Balaban J connectivity index is 1.47. The fourth-order valence-electron chi connectivity index (χ4n) is 4.32. The normalized spacial score (nSPS) is 11.1. The lowest BCUT2D eigenvalue weighted by atomic mass is 10.1. The number of ether oxygens (including phenoxy) is 1. The second-order valence-corrected chi connectivity index (χ2v) is 8.58. The van der Waals surface area contributed by atoms with Crippen LogP contribution in [0.25, 0.3) is 22.6 Å². The summed E-state index contributed by atoms with van der Waals surface area (Å²) >= 11 is 0. The lowest BCUT2D eigenvalue weighted by Crippen LogP contribution is -2.11. The third-order valence-corrected chi connectivity index (χ3v) is 6.27. The average Bonchev–Trinajstić information content (AvgIpc) is 3.47. The Bertz CT molecular complexity index is 1610. The molecule has 5 aromatic rings. The number of aromatic nitrogens is 5. The molecule has 0 bridgehead atoms. The number of oxazole rings is 1. The van der Waals surface area contributed by atoms with E-state index in [1.165, 1.54) is 13.3 Å². The van der Waals surface area contributed by atoms with Gasteiger partial charge in [-0.2, -0.15) is 10.1 Å². The third-order valence-electron chi connectivity index (χ3n) is 6.27. The third kappa shape index (κ3) is 4.61. The molecule has 0 aliphatic heterocycles. The Morgan fingerprint density at radius 2 is 1.95 bits per heavy atom. The lowest BCUT2D eigenvalue weighted by molar-refractivity contribution is 0.0697. The van der Waals surface area contributed by atoms with Crippen LogP contribution in [0.15, 0.2) is 53.1 Å². The summed E-state index contributed by atoms with van der Waals surface area (Å²) in [6, 6.07) is 12.8. The maximum atomic E-state index is 12.0. The molecule has 5 rings (SSSR count). The van der Waals surface area contributed by atoms with Crippen LogP contribution in [0.1, 0.15) is 34.2 Å². The minimum absolute atomic E-state index is 0.0870. The van der Waals surface area contributed by atoms with Crippen molar-refractivity contribution in [2.45, 2.75) is 33.9 Å². The van der Waals surface area contributed by atoms with Crippen molar-refractivity contribution in [1.29, 1.82) is 0 Å². The minimum atomic E-state index is -1.16. The van der Waals surface area contributed by atoms with E-state index in [0.717, 1.165) is 29.0 Å². The summed E-state index contributed by atoms with van der Waals surface area (Å²) in [4.78, 5) is 25.2. The molecule has 38 heavy (non-hydrogen) atoms. The number of nitrogens with zero attached hydrogens (tertiary/aromatic N) is 5. The lowest BCUT2D eigenvalue weighted by Gasteiger charge is -2.15. The number of aromatic carboxylic acids is 1. The van der Waals surface area contributed by atoms with Crippen molar-refractivity contribution >= 4 is 34.5 Å². The predicted octanol–water partition coefficient (Wildman–Crippen LogP) is 5.18. The van der Waals surface area contributed by atoms with Crippen molar-refractivity contribution in [3.05, 3.63) is 71.2 Å². The van der Waals surface area contributed by atoms with Gasteiger partial charge in [-0.3, -0.25) is 4.68 Å². The molecular weight excluding hydrogens is 486 g/mol. The van der Waals surface area contributed by atoms with Gasteiger partial charge in [0.25, 0.3) is 0 Å². The highest BCUT2D eigenvalue weighted by molar-refractivity contribution is 5.94. The van der Waals surface area contributed by atoms with Crippen LogP contribution < -0.4 is 15.4 Å². The topological polar surface area (TPSA) is 140 Å². The zero-order chi connectivity index (χ0) is 26.8. The average molecular weight is 514 g/mol. The molecule has 0 saturated heterocycles. The first-order chi connectivity index (χ1) is 18.4. The summed E-state index contributed by atoms with van der Waals surface area (Å²) in [5, 5.41) is 20.6. The standard InChI is InChI=1S/C27H27N7O4/c1-5-34-16(3)18(15(2)33-34)13-28-27-29-14-19(26(35)36)24(32-27)30-21-11-8-9-17(23(21)37-4)25-31-20-10-6-7-12-22(20)38-25/h6-12,14H,5,13H2,1-4H3,(H,35,36)(H2,28,29,30,32). The zero-order valence-electron chi connectivity index (χ0n) is 21.4. The van der Waals surface area contributed by atoms with Gasteiger partial charge in [0.1, 0.15) is 11.1 Å². The number of rotatable bonds is 9. The highest BCUT2D eigenvalue weighted by atomic mass is 16.5. The molecule has 0 radical (unpaired) electrons. The SMILES string of the molecule is CCn1nc(C)c(CNc2ncc(C(=O)O)c(Nc3cccc(-c4nc5ccccc5o4)c3OC)n2)c1C. The second-order valence-electron chi connectivity index (χ2n) is 8.58. The van der Waals surface area contributed by atoms with Gasteiger partial charge < -0.3 is 24.9 Å². The number of carboxylic acid groups (broad SMARTS) is 1. The fraction of sp³-hybridized carbons (Fsp3) is 0.222. The van der Waals surface area contributed by atoms with Gasteiger partial charge in [0, 0.05) is 30.5 Å². The van der Waals surface area contributed by atoms with Crippen LogP contribution in [-0.4, -0.2) is 42.9 Å². The summed E-state index contributed by atoms with van der Waals surface area (Å²) in [7, 11) is 1.53. The number of aryl methyl sites for hydroxylation is 2. The summed E-state index contributed by atoms with van der Waals surface area (Å²) < 4.78 is 13.6. The van der Waals surface area contributed by atoms with E-state index >= 15 is 0 Å². The molecule has 0 atom stereocenters. The van der Waals surface area contributed by atoms with Gasteiger partial charge in [-0.1, -0.05) is 18.2 Å². The molecular formula is C27H27N7O4. The van der Waals surface area contributed by atoms with E-state index in [4.69, 9.17) is 9.15 Å². The molecule has 3 heterocycles. The van der Waals surface area contributed by atoms with E-state index in [1.807, 2.05) is 55.8 Å². The van der Waals surface area contributed by atoms with Gasteiger partial charge in [0.2, 0.25) is 11.8 Å². The van der Waals surface area contributed by atoms with E-state index in [2.05, 4.69) is 30.7 Å². The molecule has 0 unspecified atom stereocenters. The molecule has 194 valence electrons. The van der Waals surface area contributed by atoms with Crippen LogP contribution in [0.5, 0.6) is 5.75 Å². The molecule has 0 fully saturated rings. The second kappa shape index (κ2) is 10.2. The first kappa shape index (κ1) is 24.8. The van der Waals surface area contributed by atoms with E-state index in [1.54, 1.807) is 12.1 Å². The number of nitrogens with one attached hydrogen (secondary N) is 2. The Labute approximate surface area is 218 Å². The van der Waals surface area contributed by atoms with Crippen molar-refractivity contribution in [2.24, 2.45) is 0 Å². The van der Waals surface area contributed by atoms with Gasteiger partial charge in [0.15, 0.2) is 17.2 Å². The molecule has 3 aromatic heterocycles. The molecule has 11 heteroatoms. The molecule has 2 aromatic carbocycles. The molecule has 11 nitrogen and oxygen atoms in total. The smallest absolute Gasteiger partial charge is 0.341 e. The molecule has 0 saturated carbocycles. The van der Waals surface area contributed by atoms with E-state index in [9.17, 15) is 9.90 Å². The predicted molar refractivity (Wildman–Crippen MR) is 143 cm³/mol. The highest BCUT2D eigenvalue weighted by Gasteiger charge is 2.20. The minimum Gasteiger partial charge on any atom is -0.494 e. The van der Waals surface area contributed by atoms with Crippen LogP contribution in [0.4, 0.5) is 17.5 Å². The Morgan fingerprint density at radius 1 is 1.13 bits per heavy atom. The van der Waals surface area contributed by atoms with Crippen molar-refractivity contribution < 1.29 is 19.1 Å². The fourth-order valence-corrected chi connectivity index (χ4v) is 4.32. The summed E-state index contributed by atoms with van der Waals surface area (Å²) in [5.74, 6) is 0.0367. The van der Waals surface area contributed by atoms with Crippen molar-refractivity contribution in [2.75, 3.05) is 17.7 Å². The quantitative estimate of drug-likeness (QED) is 0.241. The van der Waals surface area contributed by atoms with E-state index in [-0.39, 0.29) is 17.3 Å². The zero-order valence-corrected chi connectivity index (χ0v) is 21.4. The Kier molecular flexibility index (Phi) is 6.65. The number of hydrogen-bond acceptors (Lipinski definition) is 9. The van der Waals surface area contributed by atoms with Gasteiger partial charge in [-0.25, -0.2) is 14.8 Å². The monoisotopic (exact) mass is 513 g/mol. The largest absolute Gasteiger partial charge is 0.494 e. The first-order valence-corrected chi connectivity index (χ1v) is 12.1. The van der Waals surface area contributed by atoms with Crippen LogP contribution in [0.3, 0.4) is 0 Å².